The first-order valence-corrected chi connectivity index (χ1v) is 7.53. The van der Waals surface area contributed by atoms with Gasteiger partial charge in [0.1, 0.15) is 17.4 Å². The van der Waals surface area contributed by atoms with Crippen LogP contribution >= 0.6 is 0 Å². The molecule has 1 amide bonds. The summed E-state index contributed by atoms with van der Waals surface area (Å²) in [6.45, 7) is 1.01. The maximum absolute atomic E-state index is 13.4. The Hall–Kier alpha value is -2.43. The zero-order valence-electron chi connectivity index (χ0n) is 12.7. The van der Waals surface area contributed by atoms with Gasteiger partial charge in [0.25, 0.3) is 0 Å². The standard InChI is InChI=1S/C18H19F2NO2/c19-15-7-9-16(10-8-15)23-12-4-3-11-21-18(22)13-14-5-1-2-6-17(14)20/h1-2,5-10H,3-4,11-13H2,(H,21,22). The fraction of sp³-hybridized carbons (Fsp3) is 0.278. The maximum atomic E-state index is 13.4. The molecule has 0 spiro atoms. The van der Waals surface area contributed by atoms with Crippen molar-refractivity contribution < 1.29 is 18.3 Å². The Kier molecular flexibility index (Phi) is 6.54. The second-order valence-electron chi connectivity index (χ2n) is 5.13. The van der Waals surface area contributed by atoms with E-state index in [4.69, 9.17) is 4.74 Å². The number of ether oxygens (including phenoxy) is 1. The van der Waals surface area contributed by atoms with Crippen molar-refractivity contribution in [2.45, 2.75) is 19.3 Å². The van der Waals surface area contributed by atoms with Gasteiger partial charge in [0, 0.05) is 6.54 Å². The summed E-state index contributed by atoms with van der Waals surface area (Å²) >= 11 is 0. The summed E-state index contributed by atoms with van der Waals surface area (Å²) in [6, 6.07) is 12.1. The highest BCUT2D eigenvalue weighted by molar-refractivity contribution is 5.78. The van der Waals surface area contributed by atoms with Crippen LogP contribution in [0.4, 0.5) is 8.78 Å². The number of hydrogen-bond donors (Lipinski definition) is 1. The molecule has 0 atom stereocenters. The zero-order chi connectivity index (χ0) is 16.5. The Bertz CT molecular complexity index is 629. The quantitative estimate of drug-likeness (QED) is 0.757. The minimum Gasteiger partial charge on any atom is -0.494 e. The third-order valence-corrected chi connectivity index (χ3v) is 3.28. The number of rotatable bonds is 8. The number of halogens is 2. The van der Waals surface area contributed by atoms with Crippen LogP contribution in [0.5, 0.6) is 5.75 Å². The molecule has 1 N–H and O–H groups in total. The summed E-state index contributed by atoms with van der Waals surface area (Å²) in [7, 11) is 0. The van der Waals surface area contributed by atoms with Gasteiger partial charge in [0.2, 0.25) is 5.91 Å². The second-order valence-corrected chi connectivity index (χ2v) is 5.13. The van der Waals surface area contributed by atoms with Crippen LogP contribution in [0.25, 0.3) is 0 Å². The van der Waals surface area contributed by atoms with Crippen LogP contribution < -0.4 is 10.1 Å². The van der Waals surface area contributed by atoms with E-state index in [0.29, 0.717) is 24.5 Å². The van der Waals surface area contributed by atoms with Crippen molar-refractivity contribution in [1.82, 2.24) is 5.32 Å². The number of carbonyl (C=O) groups excluding carboxylic acids is 1. The number of benzene rings is 2. The predicted octanol–water partition coefficient (Wildman–Crippen LogP) is 3.48. The number of nitrogens with one attached hydrogen (secondary N) is 1. The summed E-state index contributed by atoms with van der Waals surface area (Å²) in [5.41, 5.74) is 0.393. The molecule has 0 aliphatic rings. The van der Waals surface area contributed by atoms with Gasteiger partial charge in [-0.15, -0.1) is 0 Å². The van der Waals surface area contributed by atoms with Gasteiger partial charge in [-0.1, -0.05) is 18.2 Å². The van der Waals surface area contributed by atoms with Crippen LogP contribution in [0.15, 0.2) is 48.5 Å². The van der Waals surface area contributed by atoms with Crippen molar-refractivity contribution >= 4 is 5.91 Å². The minimum absolute atomic E-state index is 0.0404. The Morgan fingerprint density at radius 2 is 1.74 bits per heavy atom. The van der Waals surface area contributed by atoms with Crippen LogP contribution in [-0.4, -0.2) is 19.1 Å². The molecule has 0 heterocycles. The van der Waals surface area contributed by atoms with Crippen molar-refractivity contribution in [2.24, 2.45) is 0 Å². The molecule has 5 heteroatoms. The highest BCUT2D eigenvalue weighted by Gasteiger charge is 2.06. The van der Waals surface area contributed by atoms with Crippen LogP contribution in [0.2, 0.25) is 0 Å². The van der Waals surface area contributed by atoms with Gasteiger partial charge in [-0.2, -0.15) is 0 Å². The van der Waals surface area contributed by atoms with Gasteiger partial charge in [-0.3, -0.25) is 4.79 Å². The van der Waals surface area contributed by atoms with E-state index < -0.39 is 0 Å². The van der Waals surface area contributed by atoms with Crippen molar-refractivity contribution in [3.05, 3.63) is 65.7 Å². The molecular formula is C18H19F2NO2. The molecule has 0 aliphatic carbocycles. The number of unbranched alkanes of at least 4 members (excludes halogenated alkanes) is 1. The lowest BCUT2D eigenvalue weighted by Gasteiger charge is -2.07. The molecule has 2 rings (SSSR count). The van der Waals surface area contributed by atoms with Gasteiger partial charge in [-0.25, -0.2) is 8.78 Å². The summed E-state index contributed by atoms with van der Waals surface area (Å²) in [6.07, 6.45) is 1.56. The van der Waals surface area contributed by atoms with Crippen LogP contribution in [0, 0.1) is 11.6 Å². The van der Waals surface area contributed by atoms with E-state index in [1.165, 1.54) is 18.2 Å². The first kappa shape index (κ1) is 16.9. The van der Waals surface area contributed by atoms with E-state index in [9.17, 15) is 13.6 Å². The van der Waals surface area contributed by atoms with Crippen molar-refractivity contribution in [2.75, 3.05) is 13.2 Å². The Balaban J connectivity index is 1.57. The Morgan fingerprint density at radius 3 is 2.48 bits per heavy atom. The number of hydrogen-bond acceptors (Lipinski definition) is 2. The summed E-state index contributed by atoms with van der Waals surface area (Å²) in [5, 5.41) is 2.75. The van der Waals surface area contributed by atoms with Crippen molar-refractivity contribution in [1.29, 1.82) is 0 Å². The molecule has 3 nitrogen and oxygen atoms in total. The summed E-state index contributed by atoms with van der Waals surface area (Å²) in [4.78, 5) is 11.7. The molecule has 0 saturated carbocycles. The first-order valence-electron chi connectivity index (χ1n) is 7.53. The van der Waals surface area contributed by atoms with Gasteiger partial charge in [0.05, 0.1) is 13.0 Å². The molecular weight excluding hydrogens is 300 g/mol. The highest BCUT2D eigenvalue weighted by Crippen LogP contribution is 2.11. The van der Waals surface area contributed by atoms with E-state index in [0.717, 1.165) is 12.8 Å². The molecule has 0 fully saturated rings. The molecule has 23 heavy (non-hydrogen) atoms. The molecule has 0 aromatic heterocycles. The third-order valence-electron chi connectivity index (χ3n) is 3.28. The number of amides is 1. The smallest absolute Gasteiger partial charge is 0.224 e. The average Bonchev–Trinajstić information content (AvgIpc) is 2.54. The lowest BCUT2D eigenvalue weighted by atomic mass is 10.1. The van der Waals surface area contributed by atoms with Gasteiger partial charge in [-0.05, 0) is 48.7 Å². The lowest BCUT2D eigenvalue weighted by Crippen LogP contribution is -2.26. The second kappa shape index (κ2) is 8.88. The monoisotopic (exact) mass is 319 g/mol. The van der Waals surface area contributed by atoms with Crippen molar-refractivity contribution in [3.8, 4) is 5.75 Å². The van der Waals surface area contributed by atoms with Crippen molar-refractivity contribution in [3.63, 3.8) is 0 Å². The molecule has 122 valence electrons. The van der Waals surface area contributed by atoms with E-state index in [1.807, 2.05) is 0 Å². The third kappa shape index (κ3) is 6.06. The topological polar surface area (TPSA) is 38.3 Å². The zero-order valence-corrected chi connectivity index (χ0v) is 12.7. The van der Waals surface area contributed by atoms with Crippen LogP contribution in [-0.2, 0) is 11.2 Å². The van der Waals surface area contributed by atoms with E-state index in [-0.39, 0.29) is 24.0 Å². The summed E-state index contributed by atoms with van der Waals surface area (Å²) in [5.74, 6) is -0.241. The van der Waals surface area contributed by atoms with Crippen LogP contribution in [0.1, 0.15) is 18.4 Å². The van der Waals surface area contributed by atoms with E-state index >= 15 is 0 Å². The molecule has 2 aromatic carbocycles. The van der Waals surface area contributed by atoms with E-state index in [2.05, 4.69) is 5.32 Å². The van der Waals surface area contributed by atoms with Gasteiger partial charge >= 0.3 is 0 Å². The molecule has 0 bridgehead atoms. The van der Waals surface area contributed by atoms with E-state index in [1.54, 1.807) is 30.3 Å². The Labute approximate surface area is 134 Å². The highest BCUT2D eigenvalue weighted by atomic mass is 19.1. The number of carbonyl (C=O) groups is 1. The average molecular weight is 319 g/mol. The Morgan fingerprint density at radius 1 is 1.00 bits per heavy atom. The lowest BCUT2D eigenvalue weighted by molar-refractivity contribution is -0.120. The fourth-order valence-corrected chi connectivity index (χ4v) is 2.05. The van der Waals surface area contributed by atoms with Crippen LogP contribution in [0.3, 0.4) is 0 Å². The normalized spacial score (nSPS) is 10.3. The van der Waals surface area contributed by atoms with Gasteiger partial charge in [0.15, 0.2) is 0 Å². The largest absolute Gasteiger partial charge is 0.494 e. The molecule has 0 saturated heterocycles. The van der Waals surface area contributed by atoms with Gasteiger partial charge < -0.3 is 10.1 Å². The minimum atomic E-state index is -0.365. The maximum Gasteiger partial charge on any atom is 0.224 e. The molecule has 0 radical (unpaired) electrons. The molecule has 0 aliphatic heterocycles. The summed E-state index contributed by atoms with van der Waals surface area (Å²) < 4.78 is 31.6. The first-order chi connectivity index (χ1) is 11.1. The molecule has 2 aromatic rings. The molecule has 0 unspecified atom stereocenters. The fourth-order valence-electron chi connectivity index (χ4n) is 2.05. The predicted molar refractivity (Wildman–Crippen MR) is 84.2 cm³/mol. The SMILES string of the molecule is O=C(Cc1ccccc1F)NCCCCOc1ccc(F)cc1.